The van der Waals surface area contributed by atoms with Crippen molar-refractivity contribution in [2.75, 3.05) is 5.75 Å². The molecule has 2 amide bonds. The van der Waals surface area contributed by atoms with Gasteiger partial charge in [-0.1, -0.05) is 0 Å². The molecule has 1 saturated carbocycles. The summed E-state index contributed by atoms with van der Waals surface area (Å²) in [5.74, 6) is 0.774. The SMILES string of the molecule is CC(C)(C)OC(=O)N(C(=O)OC(C)(C)C)C12CCC(CC1)SC2. The summed E-state index contributed by atoms with van der Waals surface area (Å²) in [6, 6.07) is 0. The first-order valence-corrected chi connectivity index (χ1v) is 9.35. The van der Waals surface area contributed by atoms with Crippen molar-refractivity contribution < 1.29 is 19.1 Å². The van der Waals surface area contributed by atoms with Crippen LogP contribution >= 0.6 is 11.8 Å². The lowest BCUT2D eigenvalue weighted by Gasteiger charge is -2.50. The summed E-state index contributed by atoms with van der Waals surface area (Å²) in [5.41, 5.74) is -1.76. The van der Waals surface area contributed by atoms with Gasteiger partial charge in [0, 0.05) is 11.0 Å². The van der Waals surface area contributed by atoms with E-state index in [2.05, 4.69) is 0 Å². The number of rotatable bonds is 1. The van der Waals surface area contributed by atoms with Crippen LogP contribution in [0.1, 0.15) is 67.2 Å². The topological polar surface area (TPSA) is 55.8 Å². The minimum absolute atomic E-state index is 0.468. The Kier molecular flexibility index (Phi) is 4.96. The third-order valence-corrected chi connectivity index (χ3v) is 5.72. The summed E-state index contributed by atoms with van der Waals surface area (Å²) in [6.07, 6.45) is 2.56. The van der Waals surface area contributed by atoms with Crippen molar-refractivity contribution in [1.29, 1.82) is 0 Å². The van der Waals surface area contributed by atoms with E-state index in [-0.39, 0.29) is 0 Å². The highest BCUT2D eigenvalue weighted by Gasteiger charge is 2.52. The monoisotopic (exact) mass is 343 g/mol. The number of carbonyl (C=O) groups is 2. The van der Waals surface area contributed by atoms with E-state index in [1.807, 2.05) is 53.3 Å². The first-order valence-electron chi connectivity index (χ1n) is 8.30. The molecule has 0 aromatic carbocycles. The molecule has 0 aromatic heterocycles. The standard InChI is InChI=1S/C17H29NO4S/c1-15(2,3)21-13(19)18(14(20)22-16(4,5)6)17-9-7-12(8-10-17)23-11-17/h12H,7-11H2,1-6H3. The summed E-state index contributed by atoms with van der Waals surface area (Å²) in [5, 5.41) is 0.663. The minimum atomic E-state index is -0.646. The zero-order valence-corrected chi connectivity index (χ0v) is 15.9. The molecule has 0 N–H and O–H groups in total. The number of fused-ring (bicyclic) bond motifs is 3. The van der Waals surface area contributed by atoms with Crippen LogP contribution < -0.4 is 0 Å². The van der Waals surface area contributed by atoms with Crippen molar-refractivity contribution in [3.63, 3.8) is 0 Å². The molecule has 0 radical (unpaired) electrons. The fraction of sp³-hybridized carbons (Fsp3) is 0.882. The van der Waals surface area contributed by atoms with Crippen molar-refractivity contribution in [3.8, 4) is 0 Å². The Labute approximate surface area is 143 Å². The van der Waals surface area contributed by atoms with Crippen molar-refractivity contribution in [1.82, 2.24) is 4.90 Å². The highest BCUT2D eigenvalue weighted by Crippen LogP contribution is 2.47. The van der Waals surface area contributed by atoms with Crippen molar-refractivity contribution in [3.05, 3.63) is 0 Å². The molecule has 0 spiro atoms. The Hall–Kier alpha value is -0.910. The van der Waals surface area contributed by atoms with E-state index in [0.29, 0.717) is 5.25 Å². The lowest BCUT2D eigenvalue weighted by molar-refractivity contribution is -0.0279. The van der Waals surface area contributed by atoms with E-state index in [0.717, 1.165) is 31.4 Å². The fourth-order valence-corrected chi connectivity index (χ4v) is 4.61. The molecule has 23 heavy (non-hydrogen) atoms. The Morgan fingerprint density at radius 1 is 0.957 bits per heavy atom. The second kappa shape index (κ2) is 6.19. The van der Waals surface area contributed by atoms with Gasteiger partial charge < -0.3 is 9.47 Å². The van der Waals surface area contributed by atoms with E-state index in [4.69, 9.17) is 9.47 Å². The van der Waals surface area contributed by atoms with Gasteiger partial charge in [0.15, 0.2) is 0 Å². The summed E-state index contributed by atoms with van der Waals surface area (Å²) in [6.45, 7) is 10.8. The largest absolute Gasteiger partial charge is 0.443 e. The van der Waals surface area contributed by atoms with Gasteiger partial charge in [0.2, 0.25) is 0 Å². The average Bonchev–Trinajstić information content (AvgIpc) is 2.36. The van der Waals surface area contributed by atoms with Crippen molar-refractivity contribution >= 4 is 23.9 Å². The highest BCUT2D eigenvalue weighted by atomic mass is 32.2. The zero-order valence-electron chi connectivity index (χ0n) is 15.1. The maximum absolute atomic E-state index is 12.8. The molecule has 0 aromatic rings. The first-order chi connectivity index (χ1) is 10.4. The van der Waals surface area contributed by atoms with Crippen molar-refractivity contribution in [2.45, 2.75) is 89.2 Å². The summed E-state index contributed by atoms with van der Waals surface area (Å²) in [4.78, 5) is 26.8. The number of amides is 2. The lowest BCUT2D eigenvalue weighted by Crippen LogP contribution is -2.62. The molecule has 3 fully saturated rings. The van der Waals surface area contributed by atoms with Crippen LogP contribution in [0.2, 0.25) is 0 Å². The number of imide groups is 1. The molecule has 0 atom stereocenters. The van der Waals surface area contributed by atoms with E-state index in [1.165, 1.54) is 4.90 Å². The maximum Gasteiger partial charge on any atom is 0.420 e. The lowest BCUT2D eigenvalue weighted by atomic mass is 9.81. The zero-order chi connectivity index (χ0) is 17.5. The molecular weight excluding hydrogens is 314 g/mol. The van der Waals surface area contributed by atoms with Crippen LogP contribution in [0, 0.1) is 0 Å². The molecule has 3 rings (SSSR count). The summed E-state index contributed by atoms with van der Waals surface area (Å²) < 4.78 is 11.0. The molecule has 2 heterocycles. The fourth-order valence-electron chi connectivity index (χ4n) is 3.08. The van der Waals surface area contributed by atoms with Gasteiger partial charge in [0.25, 0.3) is 0 Å². The van der Waals surface area contributed by atoms with Crippen molar-refractivity contribution in [2.24, 2.45) is 0 Å². The Morgan fingerprint density at radius 3 is 1.70 bits per heavy atom. The van der Waals surface area contributed by atoms with Crippen LogP contribution in [0.4, 0.5) is 9.59 Å². The number of thioether (sulfide) groups is 1. The number of hydrogen-bond donors (Lipinski definition) is 0. The van der Waals surface area contributed by atoms with Gasteiger partial charge >= 0.3 is 12.2 Å². The minimum Gasteiger partial charge on any atom is -0.443 e. The Balaban J connectivity index is 2.27. The molecule has 5 nitrogen and oxygen atoms in total. The molecule has 0 unspecified atom stereocenters. The number of nitrogens with zero attached hydrogens (tertiary/aromatic N) is 1. The second-order valence-electron chi connectivity index (χ2n) is 8.53. The molecule has 2 bridgehead atoms. The van der Waals surface area contributed by atoms with Crippen LogP contribution in [0.25, 0.3) is 0 Å². The van der Waals surface area contributed by atoms with E-state index in [1.54, 1.807) is 0 Å². The molecule has 2 saturated heterocycles. The average molecular weight is 343 g/mol. The first kappa shape index (κ1) is 18.4. The third-order valence-electron chi connectivity index (χ3n) is 4.08. The number of ether oxygens (including phenoxy) is 2. The molecule has 3 aliphatic rings. The smallest absolute Gasteiger partial charge is 0.420 e. The van der Waals surface area contributed by atoms with Crippen LogP contribution in [0.5, 0.6) is 0 Å². The van der Waals surface area contributed by atoms with Gasteiger partial charge in [0.1, 0.15) is 11.2 Å². The van der Waals surface area contributed by atoms with Gasteiger partial charge in [-0.25, -0.2) is 14.5 Å². The van der Waals surface area contributed by atoms with E-state index < -0.39 is 28.9 Å². The maximum atomic E-state index is 12.8. The van der Waals surface area contributed by atoms with Crippen LogP contribution in [-0.2, 0) is 9.47 Å². The molecule has 2 aliphatic heterocycles. The van der Waals surface area contributed by atoms with E-state index in [9.17, 15) is 9.59 Å². The van der Waals surface area contributed by atoms with Gasteiger partial charge in [0.05, 0.1) is 5.54 Å². The Bertz CT molecular complexity index is 428. The van der Waals surface area contributed by atoms with Gasteiger partial charge in [-0.15, -0.1) is 0 Å². The predicted molar refractivity (Wildman–Crippen MR) is 91.8 cm³/mol. The van der Waals surface area contributed by atoms with Gasteiger partial charge in [-0.2, -0.15) is 11.8 Å². The van der Waals surface area contributed by atoms with Crippen LogP contribution in [0.15, 0.2) is 0 Å². The summed E-state index contributed by atoms with van der Waals surface area (Å²) in [7, 11) is 0. The number of carbonyl (C=O) groups excluding carboxylic acids is 2. The molecule has 1 aliphatic carbocycles. The Morgan fingerprint density at radius 2 is 1.39 bits per heavy atom. The quantitative estimate of drug-likeness (QED) is 0.697. The molecule has 132 valence electrons. The molecular formula is C17H29NO4S. The van der Waals surface area contributed by atoms with Gasteiger partial charge in [-0.05, 0) is 67.2 Å². The second-order valence-corrected chi connectivity index (χ2v) is 9.82. The number of hydrogen-bond acceptors (Lipinski definition) is 5. The predicted octanol–water partition coefficient (Wildman–Crippen LogP) is 4.59. The summed E-state index contributed by atoms with van der Waals surface area (Å²) >= 11 is 1.85. The third kappa shape index (κ3) is 4.55. The normalized spacial score (nSPS) is 27.5. The van der Waals surface area contributed by atoms with Gasteiger partial charge in [-0.3, -0.25) is 0 Å². The van der Waals surface area contributed by atoms with Crippen LogP contribution in [0.3, 0.4) is 0 Å². The highest BCUT2D eigenvalue weighted by molar-refractivity contribution is 8.00. The van der Waals surface area contributed by atoms with E-state index >= 15 is 0 Å². The van der Waals surface area contributed by atoms with Crippen LogP contribution in [-0.4, -0.2) is 44.8 Å². The molecule has 6 heteroatoms.